The van der Waals surface area contributed by atoms with E-state index in [-0.39, 0.29) is 28.3 Å². The van der Waals surface area contributed by atoms with Crippen LogP contribution in [0.15, 0.2) is 42.6 Å². The highest BCUT2D eigenvalue weighted by Crippen LogP contribution is 2.40. The lowest BCUT2D eigenvalue weighted by Crippen LogP contribution is -2.44. The number of fused-ring (bicyclic) bond motifs is 3. The maximum absolute atomic E-state index is 16.4. The lowest BCUT2D eigenvalue weighted by molar-refractivity contribution is 0.108. The minimum Gasteiger partial charge on any atom is -0.461 e. The number of halogens is 2. The van der Waals surface area contributed by atoms with Crippen molar-refractivity contribution in [3.63, 3.8) is 0 Å². The van der Waals surface area contributed by atoms with Crippen molar-refractivity contribution in [2.75, 3.05) is 45.7 Å². The SMILES string of the molecule is CN(C)C(C)(C)CNc1nc(OCC23CCCN2CCC3)nc2c(F)c(-c3cccc4cccc(Cl)c34)ncc12. The van der Waals surface area contributed by atoms with Crippen molar-refractivity contribution >= 4 is 39.1 Å². The average Bonchev–Trinajstić information content (AvgIpc) is 3.52. The molecule has 0 spiro atoms. The number of aromatic nitrogens is 3. The van der Waals surface area contributed by atoms with Gasteiger partial charge in [0, 0.05) is 34.3 Å². The summed E-state index contributed by atoms with van der Waals surface area (Å²) in [5, 5.41) is 6.17. The molecule has 2 aliphatic rings. The van der Waals surface area contributed by atoms with Crippen LogP contribution in [0.1, 0.15) is 39.5 Å². The molecular formula is C31H36ClFN6O. The van der Waals surface area contributed by atoms with Gasteiger partial charge in [0.05, 0.1) is 10.9 Å². The van der Waals surface area contributed by atoms with E-state index in [0.29, 0.717) is 34.9 Å². The van der Waals surface area contributed by atoms with Crippen LogP contribution < -0.4 is 10.1 Å². The maximum atomic E-state index is 16.4. The zero-order valence-corrected chi connectivity index (χ0v) is 24.4. The molecule has 9 heteroatoms. The zero-order valence-electron chi connectivity index (χ0n) is 23.6. The number of nitrogens with zero attached hydrogens (tertiary/aromatic N) is 5. The molecule has 0 unspecified atom stereocenters. The van der Waals surface area contributed by atoms with Crippen LogP contribution in [0.4, 0.5) is 10.2 Å². The first-order valence-electron chi connectivity index (χ1n) is 14.0. The van der Waals surface area contributed by atoms with Crippen LogP contribution in [0, 0.1) is 5.82 Å². The summed E-state index contributed by atoms with van der Waals surface area (Å²) in [6.07, 6.45) is 6.20. The molecule has 4 heterocycles. The highest BCUT2D eigenvalue weighted by atomic mass is 35.5. The highest BCUT2D eigenvalue weighted by Gasteiger charge is 2.45. The van der Waals surface area contributed by atoms with Crippen LogP contribution in [0.25, 0.3) is 32.9 Å². The summed E-state index contributed by atoms with van der Waals surface area (Å²) in [5.41, 5.74) is 0.860. The molecule has 0 bridgehead atoms. The number of likely N-dealkylation sites (N-methyl/N-ethyl adjacent to an activating group) is 1. The van der Waals surface area contributed by atoms with E-state index in [1.54, 1.807) is 6.20 Å². The van der Waals surface area contributed by atoms with E-state index < -0.39 is 5.82 Å². The van der Waals surface area contributed by atoms with E-state index in [1.807, 2.05) is 50.5 Å². The lowest BCUT2D eigenvalue weighted by atomic mass is 9.95. The number of nitrogens with one attached hydrogen (secondary N) is 1. The molecule has 6 rings (SSSR count). The highest BCUT2D eigenvalue weighted by molar-refractivity contribution is 6.36. The van der Waals surface area contributed by atoms with Gasteiger partial charge in [0.1, 0.15) is 23.6 Å². The van der Waals surface area contributed by atoms with E-state index in [9.17, 15) is 0 Å². The second-order valence-corrected chi connectivity index (χ2v) is 12.4. The van der Waals surface area contributed by atoms with Gasteiger partial charge in [-0.15, -0.1) is 0 Å². The quantitative estimate of drug-likeness (QED) is 0.267. The molecule has 1 N–H and O–H groups in total. The number of rotatable bonds is 8. The maximum Gasteiger partial charge on any atom is 0.319 e. The van der Waals surface area contributed by atoms with Gasteiger partial charge in [-0.2, -0.15) is 9.97 Å². The standard InChI is InChI=1S/C31H36ClFN6O/c1-30(2,38(3)4)18-35-28-22-17-34-26(21-11-5-9-20-10-6-12-23(32)24(20)21)25(33)27(22)36-29(37-28)40-19-31-13-7-15-39(31)16-8-14-31/h5-6,9-12,17H,7-8,13-16,18-19H2,1-4H3,(H,35,36,37). The van der Waals surface area contributed by atoms with Crippen molar-refractivity contribution < 1.29 is 9.13 Å². The van der Waals surface area contributed by atoms with Crippen molar-refractivity contribution in [2.24, 2.45) is 0 Å². The van der Waals surface area contributed by atoms with Crippen molar-refractivity contribution in [3.8, 4) is 17.3 Å². The number of hydrogen-bond acceptors (Lipinski definition) is 7. The van der Waals surface area contributed by atoms with Crippen molar-refractivity contribution in [1.29, 1.82) is 0 Å². The average molecular weight is 563 g/mol. The Kier molecular flexibility index (Phi) is 7.05. The summed E-state index contributed by atoms with van der Waals surface area (Å²) in [6.45, 7) is 7.56. The van der Waals surface area contributed by atoms with Gasteiger partial charge in [0.2, 0.25) is 0 Å². The molecule has 2 aliphatic heterocycles. The molecule has 0 atom stereocenters. The van der Waals surface area contributed by atoms with Gasteiger partial charge < -0.3 is 15.0 Å². The van der Waals surface area contributed by atoms with Crippen molar-refractivity contribution in [2.45, 2.75) is 50.6 Å². The van der Waals surface area contributed by atoms with E-state index in [0.717, 1.165) is 36.7 Å². The Morgan fingerprint density at radius 3 is 2.55 bits per heavy atom. The van der Waals surface area contributed by atoms with E-state index >= 15 is 4.39 Å². The molecule has 2 fully saturated rings. The largest absolute Gasteiger partial charge is 0.461 e. The van der Waals surface area contributed by atoms with Crippen LogP contribution in [-0.4, -0.2) is 76.2 Å². The fourth-order valence-corrected chi connectivity index (χ4v) is 6.32. The number of hydrogen-bond donors (Lipinski definition) is 1. The second-order valence-electron chi connectivity index (χ2n) is 11.9. The molecule has 210 valence electrons. The Morgan fingerprint density at radius 1 is 1.10 bits per heavy atom. The van der Waals surface area contributed by atoms with Crippen LogP contribution in [0.2, 0.25) is 5.02 Å². The smallest absolute Gasteiger partial charge is 0.319 e. The summed E-state index contributed by atoms with van der Waals surface area (Å²) < 4.78 is 22.7. The molecule has 4 aromatic rings. The predicted molar refractivity (Wildman–Crippen MR) is 160 cm³/mol. The fourth-order valence-electron chi connectivity index (χ4n) is 6.03. The molecule has 0 aliphatic carbocycles. The Balaban J connectivity index is 1.44. The topological polar surface area (TPSA) is 66.4 Å². The van der Waals surface area contributed by atoms with Gasteiger partial charge in [-0.25, -0.2) is 4.39 Å². The number of ether oxygens (including phenoxy) is 1. The molecule has 7 nitrogen and oxygen atoms in total. The summed E-state index contributed by atoms with van der Waals surface area (Å²) in [7, 11) is 4.07. The molecule has 0 radical (unpaired) electrons. The van der Waals surface area contributed by atoms with Gasteiger partial charge >= 0.3 is 6.01 Å². The van der Waals surface area contributed by atoms with Gasteiger partial charge in [-0.1, -0.05) is 41.9 Å². The van der Waals surface area contributed by atoms with Crippen LogP contribution >= 0.6 is 11.6 Å². The molecular weight excluding hydrogens is 527 g/mol. The molecule has 2 aromatic heterocycles. The minimum atomic E-state index is -0.520. The van der Waals surface area contributed by atoms with E-state index in [4.69, 9.17) is 21.3 Å². The number of pyridine rings is 1. The first-order chi connectivity index (χ1) is 19.2. The third-order valence-corrected chi connectivity index (χ3v) is 9.27. The second kappa shape index (κ2) is 10.4. The summed E-state index contributed by atoms with van der Waals surface area (Å²) in [5.74, 6) is -0.00959. The van der Waals surface area contributed by atoms with Crippen LogP contribution in [0.5, 0.6) is 6.01 Å². The Morgan fingerprint density at radius 2 is 1.82 bits per heavy atom. The first-order valence-corrected chi connectivity index (χ1v) is 14.4. The fraction of sp³-hybridized carbons (Fsp3) is 0.452. The summed E-state index contributed by atoms with van der Waals surface area (Å²) in [4.78, 5) is 18.6. The lowest BCUT2D eigenvalue weighted by Gasteiger charge is -2.33. The summed E-state index contributed by atoms with van der Waals surface area (Å²) >= 11 is 6.58. The van der Waals surface area contributed by atoms with E-state index in [1.165, 1.54) is 12.8 Å². The van der Waals surface area contributed by atoms with Gasteiger partial charge in [-0.3, -0.25) is 9.88 Å². The Hall–Kier alpha value is -3.07. The molecule has 2 aromatic carbocycles. The zero-order chi connectivity index (χ0) is 28.1. The Labute approximate surface area is 239 Å². The van der Waals surface area contributed by atoms with Gasteiger partial charge in [0.25, 0.3) is 0 Å². The minimum absolute atomic E-state index is 0.0282. The molecule has 2 saturated heterocycles. The van der Waals surface area contributed by atoms with Gasteiger partial charge in [0.15, 0.2) is 5.82 Å². The van der Waals surface area contributed by atoms with Crippen LogP contribution in [-0.2, 0) is 0 Å². The normalized spacial score (nSPS) is 17.2. The predicted octanol–water partition coefficient (Wildman–Crippen LogP) is 6.40. The molecule has 0 saturated carbocycles. The number of anilines is 1. The van der Waals surface area contributed by atoms with Gasteiger partial charge in [-0.05, 0) is 78.2 Å². The number of benzene rings is 2. The Bertz CT molecular complexity index is 1560. The van der Waals surface area contributed by atoms with Crippen molar-refractivity contribution in [3.05, 3.63) is 53.4 Å². The van der Waals surface area contributed by atoms with Crippen molar-refractivity contribution in [1.82, 2.24) is 24.8 Å². The monoisotopic (exact) mass is 562 g/mol. The summed E-state index contributed by atoms with van der Waals surface area (Å²) in [6, 6.07) is 11.5. The van der Waals surface area contributed by atoms with E-state index in [2.05, 4.69) is 38.9 Å². The molecule has 0 amide bonds. The first kappa shape index (κ1) is 27.1. The third kappa shape index (κ3) is 4.76. The third-order valence-electron chi connectivity index (χ3n) is 8.95. The molecule has 40 heavy (non-hydrogen) atoms. The van der Waals surface area contributed by atoms with Crippen LogP contribution in [0.3, 0.4) is 0 Å².